The average Bonchev–Trinajstić information content (AvgIpc) is 3.95. The van der Waals surface area contributed by atoms with Gasteiger partial charge in [0.25, 0.3) is 0 Å². The van der Waals surface area contributed by atoms with Crippen LogP contribution in [-0.4, -0.2) is 128 Å². The van der Waals surface area contributed by atoms with Crippen molar-refractivity contribution in [2.45, 2.75) is 68.0 Å². The van der Waals surface area contributed by atoms with Crippen LogP contribution in [0.25, 0.3) is 11.2 Å². The number of benzene rings is 2. The van der Waals surface area contributed by atoms with Crippen molar-refractivity contribution in [1.82, 2.24) is 34.4 Å². The highest BCUT2D eigenvalue weighted by Crippen LogP contribution is 2.50. The molecule has 0 spiro atoms. The zero-order chi connectivity index (χ0) is 49.8. The largest absolute Gasteiger partial charge is 0.472 e. The SMILES string of the molecule is NC(=O)C(c1ccc(F)cc1)c1ccc(COC(=O)NCCC(=O)O[C@H]2[C@@H](O)[C@H](n3cnc4c(N)ncnc43)O[C@@H]2COP(=O)(O)O[C@H]2[C@@H](O)[C@H](n3ccc(N)nc3=O)O[C@@H]2COP(=O)(O)O)cc1. The number of imidazole rings is 1. The molecule has 2 fully saturated rings. The lowest BCUT2D eigenvalue weighted by atomic mass is 9.90. The number of anilines is 2. The number of phosphoric ester groups is 2. The van der Waals surface area contributed by atoms with E-state index >= 15 is 0 Å². The normalized spacial score (nSPS) is 23.9. The molecule has 2 unspecified atom stereocenters. The lowest BCUT2D eigenvalue weighted by molar-refractivity contribution is -0.156. The second-order valence-electron chi connectivity index (χ2n) is 15.2. The summed E-state index contributed by atoms with van der Waals surface area (Å²) in [5.74, 6) is -3.26. The highest BCUT2D eigenvalue weighted by atomic mass is 31.2. The Balaban J connectivity index is 0.984. The Labute approximate surface area is 386 Å². The molecule has 0 saturated carbocycles. The highest BCUT2D eigenvalue weighted by molar-refractivity contribution is 7.47. The number of nitrogen functional groups attached to an aromatic ring is 2. The molecule has 10 atom stereocenters. The van der Waals surface area contributed by atoms with Gasteiger partial charge in [-0.15, -0.1) is 0 Å². The maximum absolute atomic E-state index is 13.5. The van der Waals surface area contributed by atoms with Gasteiger partial charge in [-0.1, -0.05) is 36.4 Å². The number of aromatic nitrogens is 6. The van der Waals surface area contributed by atoms with Crippen LogP contribution in [0.4, 0.5) is 20.8 Å². The summed E-state index contributed by atoms with van der Waals surface area (Å²) in [6.07, 6.45) is -12.0. The molecule has 31 heteroatoms. The molecular weight excluding hydrogens is 965 g/mol. The van der Waals surface area contributed by atoms with Gasteiger partial charge in [-0.05, 0) is 34.9 Å². The standard InChI is InChI=1S/C38H43FN10O18P2/c39-21-7-5-20(6-8-21)26(33(42)53)19-3-1-18(2-4-19)13-61-38(55)43-11-9-25(50)66-30-22(64-36(28(30)51)49-17-46-27-32(41)44-16-45-34(27)49)15-63-69(59,60)67-31-23(14-62-68(56,57)58)65-35(29(31)52)48-12-10-24(40)47-37(48)54/h1-8,10,12,16-17,22-23,26,28-31,35-36,51-52H,9,11,13-15H2,(H2,42,53)(H,43,55)(H,59,60)(H2,40,47,54)(H2,41,44,45)(H2,56,57,58)/t22-,23-,26?,28-,29-,30-,31-,35-,36-/m1/s1. The Hall–Kier alpha value is -6.33. The minimum Gasteiger partial charge on any atom is -0.456 e. The number of carbonyl (C=O) groups is 3. The van der Waals surface area contributed by atoms with Crippen molar-refractivity contribution < 1.29 is 85.3 Å². The number of nitrogens with zero attached hydrogens (tertiary/aromatic N) is 6. The van der Waals surface area contributed by atoms with E-state index in [0.717, 1.165) is 23.2 Å². The van der Waals surface area contributed by atoms with Gasteiger partial charge < -0.3 is 66.4 Å². The molecule has 2 aromatic carbocycles. The van der Waals surface area contributed by atoms with Crippen LogP contribution < -0.4 is 28.2 Å². The van der Waals surface area contributed by atoms with E-state index in [0.29, 0.717) is 16.7 Å². The molecule has 2 saturated heterocycles. The third-order valence-electron chi connectivity index (χ3n) is 10.5. The van der Waals surface area contributed by atoms with E-state index in [9.17, 15) is 57.6 Å². The number of carbonyl (C=O) groups excluding carboxylic acids is 3. The van der Waals surface area contributed by atoms with Crippen LogP contribution in [0.2, 0.25) is 0 Å². The molecule has 370 valence electrons. The van der Waals surface area contributed by atoms with E-state index in [2.05, 4.69) is 29.8 Å². The zero-order valence-electron chi connectivity index (χ0n) is 35.4. The molecule has 2 aliphatic heterocycles. The van der Waals surface area contributed by atoms with Crippen LogP contribution in [0.3, 0.4) is 0 Å². The number of ether oxygens (including phenoxy) is 4. The third-order valence-corrected chi connectivity index (χ3v) is 12.0. The summed E-state index contributed by atoms with van der Waals surface area (Å²) in [6.45, 7) is -2.59. The van der Waals surface area contributed by atoms with Crippen molar-refractivity contribution in [2.75, 3.05) is 31.2 Å². The fourth-order valence-electron chi connectivity index (χ4n) is 7.30. The van der Waals surface area contributed by atoms with Crippen molar-refractivity contribution in [3.8, 4) is 0 Å². The number of nitrogens with one attached hydrogen (secondary N) is 1. The minimum absolute atomic E-state index is 0.0318. The summed E-state index contributed by atoms with van der Waals surface area (Å²) in [4.78, 5) is 95.6. The van der Waals surface area contributed by atoms with Crippen LogP contribution >= 0.6 is 15.6 Å². The predicted molar refractivity (Wildman–Crippen MR) is 228 cm³/mol. The van der Waals surface area contributed by atoms with Crippen molar-refractivity contribution >= 4 is 56.4 Å². The fraction of sp³-hybridized carbons (Fsp3) is 0.368. The lowest BCUT2D eigenvalue weighted by Crippen LogP contribution is -2.39. The molecule has 0 radical (unpaired) electrons. The van der Waals surface area contributed by atoms with Crippen molar-refractivity contribution in [1.29, 1.82) is 0 Å². The lowest BCUT2D eigenvalue weighted by Gasteiger charge is -2.25. The van der Waals surface area contributed by atoms with Crippen LogP contribution in [0.15, 0.2) is 78.2 Å². The highest BCUT2D eigenvalue weighted by Gasteiger charge is 2.52. The number of phosphoric acid groups is 2. The molecule has 0 aliphatic carbocycles. The van der Waals surface area contributed by atoms with E-state index in [4.69, 9.17) is 45.2 Å². The van der Waals surface area contributed by atoms with Gasteiger partial charge in [-0.3, -0.25) is 32.3 Å². The molecule has 0 bridgehead atoms. The quantitative estimate of drug-likeness (QED) is 0.0367. The Morgan fingerprint density at radius 1 is 0.855 bits per heavy atom. The summed E-state index contributed by atoms with van der Waals surface area (Å²) in [5, 5.41) is 25.0. The molecule has 2 aliphatic rings. The number of aliphatic hydroxyl groups is 2. The number of amides is 2. The average molecular weight is 1010 g/mol. The third kappa shape index (κ3) is 12.3. The number of hydrogen-bond donors (Lipinski definition) is 9. The first kappa shape index (κ1) is 50.5. The maximum Gasteiger partial charge on any atom is 0.472 e. The maximum atomic E-state index is 13.5. The predicted octanol–water partition coefficient (Wildman–Crippen LogP) is -0.640. The van der Waals surface area contributed by atoms with Gasteiger partial charge in [0, 0.05) is 12.7 Å². The van der Waals surface area contributed by atoms with Crippen LogP contribution in [0, 0.1) is 5.82 Å². The Bertz CT molecular complexity index is 2820. The number of primary amides is 1. The van der Waals surface area contributed by atoms with Crippen molar-refractivity contribution in [2.24, 2.45) is 5.73 Å². The van der Waals surface area contributed by atoms with Gasteiger partial charge >= 0.3 is 33.4 Å². The molecule has 2 amide bonds. The number of rotatable bonds is 19. The molecular formula is C38H43FN10O18P2. The summed E-state index contributed by atoms with van der Waals surface area (Å²) in [5.41, 5.74) is 17.7. The van der Waals surface area contributed by atoms with E-state index in [1.165, 1.54) is 35.2 Å². The van der Waals surface area contributed by atoms with Crippen molar-refractivity contribution in [3.63, 3.8) is 0 Å². The molecule has 28 nitrogen and oxygen atoms in total. The summed E-state index contributed by atoms with van der Waals surface area (Å²) in [7, 11) is -10.6. The van der Waals surface area contributed by atoms with Gasteiger partial charge in [0.05, 0.1) is 31.9 Å². The van der Waals surface area contributed by atoms with Crippen LogP contribution in [0.5, 0.6) is 0 Å². The first-order valence-corrected chi connectivity index (χ1v) is 23.2. The van der Waals surface area contributed by atoms with Gasteiger partial charge in [-0.2, -0.15) is 4.98 Å². The van der Waals surface area contributed by atoms with Crippen LogP contribution in [-0.2, 0) is 57.8 Å². The van der Waals surface area contributed by atoms with Gasteiger partial charge in [0.15, 0.2) is 30.0 Å². The number of fused-ring (bicyclic) bond motifs is 1. The number of hydrogen-bond acceptors (Lipinski definition) is 21. The zero-order valence-corrected chi connectivity index (χ0v) is 37.2. The number of alkyl carbamates (subject to hydrolysis) is 1. The second-order valence-corrected chi connectivity index (χ2v) is 17.8. The molecule has 5 heterocycles. The molecule has 12 N–H and O–H groups in total. The Morgan fingerprint density at radius 2 is 1.48 bits per heavy atom. The monoisotopic (exact) mass is 1010 g/mol. The second kappa shape index (κ2) is 21.1. The van der Waals surface area contributed by atoms with Crippen LogP contribution in [0.1, 0.15) is 41.5 Å². The molecule has 3 aromatic heterocycles. The summed E-state index contributed by atoms with van der Waals surface area (Å²) < 4.78 is 77.5. The first-order valence-electron chi connectivity index (χ1n) is 20.2. The molecule has 7 rings (SSSR count). The van der Waals surface area contributed by atoms with E-state index < -0.39 is 120 Å². The Kier molecular flexibility index (Phi) is 15.5. The van der Waals surface area contributed by atoms with Crippen molar-refractivity contribution in [3.05, 3.63) is 106 Å². The number of esters is 1. The number of nitrogens with two attached hydrogens (primary N) is 3. The van der Waals surface area contributed by atoms with E-state index in [-0.39, 0.29) is 36.0 Å². The fourth-order valence-corrected chi connectivity index (χ4v) is 8.61. The van der Waals surface area contributed by atoms with Gasteiger partial charge in [0.2, 0.25) is 5.91 Å². The smallest absolute Gasteiger partial charge is 0.456 e. The van der Waals surface area contributed by atoms with Gasteiger partial charge in [0.1, 0.15) is 60.6 Å². The summed E-state index contributed by atoms with van der Waals surface area (Å²) >= 11 is 0. The Morgan fingerprint density at radius 3 is 2.13 bits per heavy atom. The minimum atomic E-state index is -5.42. The number of halogens is 1. The topological polar surface area (TPSA) is 420 Å². The summed E-state index contributed by atoms with van der Waals surface area (Å²) in [6, 6.07) is 12.8. The number of aliphatic hydroxyl groups excluding tert-OH is 2. The van der Waals surface area contributed by atoms with Gasteiger partial charge in [-0.25, -0.2) is 38.1 Å². The molecule has 5 aromatic rings. The molecule has 69 heavy (non-hydrogen) atoms. The van der Waals surface area contributed by atoms with E-state index in [1.807, 2.05) is 0 Å². The first-order chi connectivity index (χ1) is 32.7. The van der Waals surface area contributed by atoms with E-state index in [1.54, 1.807) is 24.3 Å².